The van der Waals surface area contributed by atoms with Crippen LogP contribution in [0, 0.1) is 0 Å². The third-order valence-corrected chi connectivity index (χ3v) is 4.19. The van der Waals surface area contributed by atoms with Crippen LogP contribution in [0.3, 0.4) is 0 Å². The average Bonchev–Trinajstić information content (AvgIpc) is 2.63. The molecule has 2 aromatic rings. The minimum Gasteiger partial charge on any atom is -0.479 e. The van der Waals surface area contributed by atoms with Crippen molar-refractivity contribution in [2.24, 2.45) is 5.84 Å². The van der Waals surface area contributed by atoms with E-state index in [1.165, 1.54) is 11.1 Å². The molecule has 1 heterocycles. The fourth-order valence-electron chi connectivity index (χ4n) is 2.73. The molecule has 1 aromatic carbocycles. The van der Waals surface area contributed by atoms with Gasteiger partial charge in [-0.15, -0.1) is 0 Å². The van der Waals surface area contributed by atoms with Crippen molar-refractivity contribution >= 4 is 5.95 Å². The number of nitrogens with one attached hydrogen (secondary N) is 1. The van der Waals surface area contributed by atoms with E-state index in [4.69, 9.17) is 5.84 Å². The lowest BCUT2D eigenvalue weighted by atomic mass is 9.95. The van der Waals surface area contributed by atoms with E-state index in [9.17, 15) is 5.11 Å². The van der Waals surface area contributed by atoms with Crippen molar-refractivity contribution < 1.29 is 5.11 Å². The molecule has 2 aliphatic carbocycles. The summed E-state index contributed by atoms with van der Waals surface area (Å²) in [5.41, 5.74) is 8.39. The zero-order valence-electron chi connectivity index (χ0n) is 14.3. The number of benzene rings is 2. The van der Waals surface area contributed by atoms with Gasteiger partial charge in [0, 0.05) is 5.56 Å². The summed E-state index contributed by atoms with van der Waals surface area (Å²) in [5, 5.41) is 9.56. The standard InChI is InChI=1S/C13H17N5O.C6H4/c1-3-8-6-5-7-9(4-2)10(8)11-15-12(18-14)17-13(19)16-11;1-2-6-4-3-5(1)6/h5-7H,3-4,14H2,1-2H3,(H2,15,16,17,18,19);1-4H. The van der Waals surface area contributed by atoms with Gasteiger partial charge in [-0.05, 0) is 35.1 Å². The van der Waals surface area contributed by atoms with Crippen LogP contribution < -0.4 is 11.3 Å². The Morgan fingerprint density at radius 3 is 1.84 bits per heavy atom. The van der Waals surface area contributed by atoms with Crippen LogP contribution in [0.5, 0.6) is 6.01 Å². The summed E-state index contributed by atoms with van der Waals surface area (Å²) in [6.45, 7) is 4.14. The Kier molecular flexibility index (Phi) is 4.90. The Hall–Kier alpha value is -2.99. The summed E-state index contributed by atoms with van der Waals surface area (Å²) < 4.78 is 0. The normalized spacial score (nSPS) is 10.7. The minimum absolute atomic E-state index is 0.149. The molecule has 0 unspecified atom stereocenters. The Morgan fingerprint density at radius 1 is 0.880 bits per heavy atom. The number of aromatic nitrogens is 3. The molecule has 2 aliphatic rings. The number of aromatic hydroxyl groups is 1. The fourth-order valence-corrected chi connectivity index (χ4v) is 2.73. The maximum absolute atomic E-state index is 9.56. The van der Waals surface area contributed by atoms with Gasteiger partial charge in [0.15, 0.2) is 5.82 Å². The topological polar surface area (TPSA) is 97.0 Å². The molecule has 0 amide bonds. The lowest BCUT2D eigenvalue weighted by Gasteiger charge is -2.12. The molecule has 1 aromatic heterocycles. The number of rotatable bonds is 4. The van der Waals surface area contributed by atoms with Crippen LogP contribution in [0.25, 0.3) is 22.5 Å². The summed E-state index contributed by atoms with van der Waals surface area (Å²) in [7, 11) is 0. The van der Waals surface area contributed by atoms with Crippen LogP contribution in [0.1, 0.15) is 25.0 Å². The van der Waals surface area contributed by atoms with Crippen LogP contribution in [-0.4, -0.2) is 20.1 Å². The van der Waals surface area contributed by atoms with Crippen molar-refractivity contribution in [1.29, 1.82) is 0 Å². The highest BCUT2D eigenvalue weighted by molar-refractivity contribution is 5.75. The number of nitrogens with zero attached hydrogens (tertiary/aromatic N) is 3. The fraction of sp³-hybridized carbons (Fsp3) is 0.211. The van der Waals surface area contributed by atoms with Crippen LogP contribution in [0.2, 0.25) is 0 Å². The highest BCUT2D eigenvalue weighted by Crippen LogP contribution is 2.29. The van der Waals surface area contributed by atoms with E-state index < -0.39 is 0 Å². The smallest absolute Gasteiger partial charge is 0.319 e. The number of anilines is 1. The molecule has 6 nitrogen and oxygen atoms in total. The number of nitrogens with two attached hydrogens (primary N) is 1. The second-order valence-electron chi connectivity index (χ2n) is 5.66. The van der Waals surface area contributed by atoms with E-state index in [0.29, 0.717) is 5.82 Å². The zero-order valence-corrected chi connectivity index (χ0v) is 14.3. The Balaban J connectivity index is 0.000000250. The number of hydrogen-bond acceptors (Lipinski definition) is 6. The molecular formula is C19H21N5O. The molecule has 0 fully saturated rings. The molecule has 6 heteroatoms. The van der Waals surface area contributed by atoms with Gasteiger partial charge in [-0.2, -0.15) is 15.0 Å². The monoisotopic (exact) mass is 335 g/mol. The number of hydrazine groups is 1. The summed E-state index contributed by atoms with van der Waals surface area (Å²) in [5.74, 6) is 5.88. The van der Waals surface area contributed by atoms with Crippen molar-refractivity contribution in [3.63, 3.8) is 0 Å². The van der Waals surface area contributed by atoms with Gasteiger partial charge < -0.3 is 5.11 Å². The SMILES string of the molecule is CCc1cccc(CC)c1-c1nc(O)nc(NN)n1.c1cc2ccc1-2. The molecule has 0 aliphatic heterocycles. The van der Waals surface area contributed by atoms with Gasteiger partial charge in [-0.3, -0.25) is 5.43 Å². The average molecular weight is 335 g/mol. The van der Waals surface area contributed by atoms with Crippen LogP contribution in [0.4, 0.5) is 5.95 Å². The second-order valence-corrected chi connectivity index (χ2v) is 5.66. The van der Waals surface area contributed by atoms with Gasteiger partial charge in [0.1, 0.15) is 0 Å². The van der Waals surface area contributed by atoms with E-state index in [0.717, 1.165) is 29.5 Å². The maximum atomic E-state index is 9.56. The van der Waals surface area contributed by atoms with Gasteiger partial charge in [-0.1, -0.05) is 56.3 Å². The van der Waals surface area contributed by atoms with E-state index >= 15 is 0 Å². The van der Waals surface area contributed by atoms with E-state index in [1.807, 2.05) is 18.2 Å². The first-order valence-corrected chi connectivity index (χ1v) is 8.29. The first kappa shape index (κ1) is 16.9. The Labute approximate surface area is 146 Å². The molecule has 0 saturated carbocycles. The van der Waals surface area contributed by atoms with E-state index in [-0.39, 0.29) is 12.0 Å². The molecule has 4 rings (SSSR count). The molecule has 0 bridgehead atoms. The van der Waals surface area contributed by atoms with Crippen molar-refractivity contribution in [1.82, 2.24) is 15.0 Å². The van der Waals surface area contributed by atoms with Crippen molar-refractivity contribution in [2.45, 2.75) is 26.7 Å². The van der Waals surface area contributed by atoms with E-state index in [1.54, 1.807) is 0 Å². The predicted molar refractivity (Wildman–Crippen MR) is 98.9 cm³/mol. The molecular weight excluding hydrogens is 314 g/mol. The maximum Gasteiger partial charge on any atom is 0.319 e. The molecule has 0 atom stereocenters. The van der Waals surface area contributed by atoms with Gasteiger partial charge in [0.05, 0.1) is 0 Å². The summed E-state index contributed by atoms with van der Waals surface area (Å²) in [6, 6.07) is 14.2. The largest absolute Gasteiger partial charge is 0.479 e. The van der Waals surface area contributed by atoms with Crippen molar-refractivity contribution in [2.75, 3.05) is 5.43 Å². The lowest BCUT2D eigenvalue weighted by molar-refractivity contribution is 0.430. The molecule has 128 valence electrons. The first-order chi connectivity index (χ1) is 12.2. The van der Waals surface area contributed by atoms with Crippen LogP contribution in [-0.2, 0) is 12.8 Å². The highest BCUT2D eigenvalue weighted by Gasteiger charge is 2.14. The first-order valence-electron chi connectivity index (χ1n) is 8.29. The molecule has 0 saturated heterocycles. The highest BCUT2D eigenvalue weighted by atomic mass is 16.3. The zero-order chi connectivity index (χ0) is 17.8. The molecule has 0 radical (unpaired) electrons. The lowest BCUT2D eigenvalue weighted by Crippen LogP contribution is -2.12. The van der Waals surface area contributed by atoms with E-state index in [2.05, 4.69) is 58.5 Å². The van der Waals surface area contributed by atoms with Gasteiger partial charge in [0.25, 0.3) is 0 Å². The minimum atomic E-state index is -0.342. The predicted octanol–water partition coefficient (Wildman–Crippen LogP) is 3.32. The third kappa shape index (κ3) is 3.44. The number of fused-ring (bicyclic) bond motifs is 1. The molecule has 25 heavy (non-hydrogen) atoms. The Morgan fingerprint density at radius 2 is 1.44 bits per heavy atom. The number of aryl methyl sites for hydroxylation is 2. The number of hydrogen-bond donors (Lipinski definition) is 3. The van der Waals surface area contributed by atoms with Crippen LogP contribution in [0.15, 0.2) is 42.5 Å². The van der Waals surface area contributed by atoms with Crippen LogP contribution >= 0.6 is 0 Å². The third-order valence-electron chi connectivity index (χ3n) is 4.19. The Bertz CT molecular complexity index is 834. The van der Waals surface area contributed by atoms with Gasteiger partial charge in [-0.25, -0.2) is 5.84 Å². The quantitative estimate of drug-likeness (QED) is 0.391. The van der Waals surface area contributed by atoms with Crippen molar-refractivity contribution in [3.8, 4) is 28.5 Å². The summed E-state index contributed by atoms with van der Waals surface area (Å²) in [6.07, 6.45) is 1.72. The molecule has 0 spiro atoms. The molecule has 4 N–H and O–H groups in total. The second kappa shape index (κ2) is 7.27. The number of nitrogen functional groups attached to an aromatic ring is 1. The van der Waals surface area contributed by atoms with Crippen molar-refractivity contribution in [3.05, 3.63) is 53.6 Å². The van der Waals surface area contributed by atoms with Gasteiger partial charge in [0.2, 0.25) is 5.95 Å². The summed E-state index contributed by atoms with van der Waals surface area (Å²) in [4.78, 5) is 11.9. The van der Waals surface area contributed by atoms with Gasteiger partial charge >= 0.3 is 6.01 Å². The summed E-state index contributed by atoms with van der Waals surface area (Å²) >= 11 is 0.